The summed E-state index contributed by atoms with van der Waals surface area (Å²) >= 11 is 0. The van der Waals surface area contributed by atoms with Gasteiger partial charge in [-0.2, -0.15) is 0 Å². The third-order valence-electron chi connectivity index (χ3n) is 7.62. The molecule has 0 amide bonds. The fourth-order valence-electron chi connectivity index (χ4n) is 5.73. The molecule has 0 aliphatic heterocycles. The third kappa shape index (κ3) is 4.33. The van der Waals surface area contributed by atoms with Crippen LogP contribution in [0, 0.1) is 6.92 Å². The summed E-state index contributed by atoms with van der Waals surface area (Å²) in [5.41, 5.74) is 8.36. The second-order valence-electron chi connectivity index (χ2n) is 10.2. The van der Waals surface area contributed by atoms with Crippen molar-refractivity contribution < 1.29 is 0 Å². The lowest BCUT2D eigenvalue weighted by Crippen LogP contribution is -2.02. The molecule has 2 aromatic heterocycles. The molecule has 0 atom stereocenters. The Morgan fingerprint density at radius 3 is 2.19 bits per heavy atom. The normalized spacial score (nSPS) is 11.7. The van der Waals surface area contributed by atoms with Crippen LogP contribution in [0.3, 0.4) is 0 Å². The van der Waals surface area contributed by atoms with Crippen molar-refractivity contribution >= 4 is 32.8 Å². The number of fused-ring (bicyclic) bond motifs is 4. The number of hydrogen-bond donors (Lipinski definition) is 0. The Kier molecular flexibility index (Phi) is 6.53. The first-order valence-corrected chi connectivity index (χ1v) is 13.8. The maximum Gasteiger partial charge on any atom is 0.147 e. The minimum absolute atomic E-state index is 1.00. The van der Waals surface area contributed by atoms with Gasteiger partial charge in [-0.15, -0.1) is 0 Å². The van der Waals surface area contributed by atoms with Crippen molar-refractivity contribution in [2.45, 2.75) is 58.9 Å². The number of para-hydroxylation sites is 4. The average molecular weight is 486 g/mol. The first-order chi connectivity index (χ1) is 18.3. The lowest BCUT2D eigenvalue weighted by Gasteiger charge is -2.14. The standard InChI is InChI=1S/C34H35N3/c1-3-4-5-6-7-12-24-36-31-18-10-8-14-27(31)28-15-13-16-29(33(28)36)34-35-30-17-9-11-19-32(30)37(34)26-22-20-25(2)21-23-26/h8-11,13-23H,3-7,12,24H2,1-2H3. The molecule has 0 bridgehead atoms. The van der Waals surface area contributed by atoms with E-state index in [-0.39, 0.29) is 0 Å². The Bertz CT molecular complexity index is 1670. The SMILES string of the molecule is CCCCCCCCn1c2ccccc2c2cccc(-c3nc4ccccc4n3-c3ccc(C)cc3)c21. The molecule has 3 nitrogen and oxygen atoms in total. The predicted molar refractivity (Wildman–Crippen MR) is 158 cm³/mol. The van der Waals surface area contributed by atoms with E-state index >= 15 is 0 Å². The van der Waals surface area contributed by atoms with Crippen molar-refractivity contribution in [1.29, 1.82) is 0 Å². The molecule has 6 aromatic rings. The van der Waals surface area contributed by atoms with Crippen LogP contribution in [0.5, 0.6) is 0 Å². The minimum Gasteiger partial charge on any atom is -0.340 e. The van der Waals surface area contributed by atoms with E-state index in [1.807, 2.05) is 0 Å². The largest absolute Gasteiger partial charge is 0.340 e. The van der Waals surface area contributed by atoms with E-state index in [0.29, 0.717) is 0 Å². The van der Waals surface area contributed by atoms with Crippen molar-refractivity contribution in [3.05, 3.63) is 96.6 Å². The molecule has 0 saturated carbocycles. The van der Waals surface area contributed by atoms with Crippen molar-refractivity contribution in [3.8, 4) is 17.1 Å². The lowest BCUT2D eigenvalue weighted by molar-refractivity contribution is 0.571. The summed E-state index contributed by atoms with van der Waals surface area (Å²) in [6.45, 7) is 5.44. The lowest BCUT2D eigenvalue weighted by atomic mass is 10.1. The van der Waals surface area contributed by atoms with Gasteiger partial charge in [0.2, 0.25) is 0 Å². The maximum atomic E-state index is 5.22. The van der Waals surface area contributed by atoms with Gasteiger partial charge >= 0.3 is 0 Å². The molecule has 186 valence electrons. The highest BCUT2D eigenvalue weighted by molar-refractivity contribution is 6.12. The van der Waals surface area contributed by atoms with Gasteiger partial charge < -0.3 is 4.57 Å². The van der Waals surface area contributed by atoms with Gasteiger partial charge in [-0.1, -0.05) is 99.2 Å². The molecular formula is C34H35N3. The average Bonchev–Trinajstić information content (AvgIpc) is 3.47. The summed E-state index contributed by atoms with van der Waals surface area (Å²) in [5.74, 6) is 1.00. The molecular weight excluding hydrogens is 450 g/mol. The predicted octanol–water partition coefficient (Wildman–Crippen LogP) is 9.47. The zero-order valence-corrected chi connectivity index (χ0v) is 22.0. The molecule has 0 saturated heterocycles. The molecule has 0 fully saturated rings. The van der Waals surface area contributed by atoms with Crippen molar-refractivity contribution in [3.63, 3.8) is 0 Å². The van der Waals surface area contributed by atoms with Crippen LogP contribution in [0.15, 0.2) is 91.0 Å². The number of hydrogen-bond acceptors (Lipinski definition) is 1. The Hall–Kier alpha value is -3.85. The van der Waals surface area contributed by atoms with Crippen LogP contribution in [0.1, 0.15) is 51.0 Å². The topological polar surface area (TPSA) is 22.8 Å². The zero-order valence-electron chi connectivity index (χ0n) is 22.0. The van der Waals surface area contributed by atoms with Gasteiger partial charge in [-0.3, -0.25) is 4.57 Å². The molecule has 2 heterocycles. The Morgan fingerprint density at radius 2 is 1.35 bits per heavy atom. The van der Waals surface area contributed by atoms with Gasteiger partial charge in [0.1, 0.15) is 5.82 Å². The molecule has 0 aliphatic rings. The van der Waals surface area contributed by atoms with Gasteiger partial charge in [0, 0.05) is 34.1 Å². The number of nitrogens with zero attached hydrogens (tertiary/aromatic N) is 3. The summed E-state index contributed by atoms with van der Waals surface area (Å²) in [4.78, 5) is 5.22. The Balaban J connectivity index is 1.55. The molecule has 4 aromatic carbocycles. The minimum atomic E-state index is 1.00. The van der Waals surface area contributed by atoms with Crippen LogP contribution < -0.4 is 0 Å². The van der Waals surface area contributed by atoms with Crippen LogP contribution in [0.4, 0.5) is 0 Å². The van der Waals surface area contributed by atoms with E-state index in [4.69, 9.17) is 4.98 Å². The maximum absolute atomic E-state index is 5.22. The zero-order chi connectivity index (χ0) is 25.2. The highest BCUT2D eigenvalue weighted by Crippen LogP contribution is 2.38. The molecule has 37 heavy (non-hydrogen) atoms. The summed E-state index contributed by atoms with van der Waals surface area (Å²) in [6, 6.07) is 32.9. The second-order valence-corrected chi connectivity index (χ2v) is 10.2. The fraction of sp³-hybridized carbons (Fsp3) is 0.265. The van der Waals surface area contributed by atoms with Crippen LogP contribution in [0.25, 0.3) is 49.9 Å². The molecule has 0 unspecified atom stereocenters. The molecule has 0 aliphatic carbocycles. The van der Waals surface area contributed by atoms with Gasteiger partial charge in [0.15, 0.2) is 0 Å². The van der Waals surface area contributed by atoms with Gasteiger partial charge in [0.05, 0.1) is 16.6 Å². The number of imidazole rings is 1. The van der Waals surface area contributed by atoms with Gasteiger partial charge in [0.25, 0.3) is 0 Å². The van der Waals surface area contributed by atoms with E-state index in [1.54, 1.807) is 0 Å². The smallest absolute Gasteiger partial charge is 0.147 e. The molecule has 3 heteroatoms. The first-order valence-electron chi connectivity index (χ1n) is 13.8. The molecule has 0 spiro atoms. The summed E-state index contributed by atoms with van der Waals surface area (Å²) in [7, 11) is 0. The quantitative estimate of drug-likeness (QED) is 0.187. The van der Waals surface area contributed by atoms with E-state index in [0.717, 1.165) is 29.1 Å². The molecule has 0 N–H and O–H groups in total. The van der Waals surface area contributed by atoms with Gasteiger partial charge in [-0.05, 0) is 49.7 Å². The number of aromatic nitrogens is 3. The van der Waals surface area contributed by atoms with Crippen LogP contribution in [0.2, 0.25) is 0 Å². The van der Waals surface area contributed by atoms with E-state index < -0.39 is 0 Å². The number of benzene rings is 4. The van der Waals surface area contributed by atoms with Crippen LogP contribution >= 0.6 is 0 Å². The first kappa shape index (κ1) is 23.5. The fourth-order valence-corrected chi connectivity index (χ4v) is 5.73. The van der Waals surface area contributed by atoms with Crippen LogP contribution in [-0.4, -0.2) is 14.1 Å². The Morgan fingerprint density at radius 1 is 0.649 bits per heavy atom. The number of unbranched alkanes of at least 4 members (excludes halogenated alkanes) is 5. The van der Waals surface area contributed by atoms with E-state index in [9.17, 15) is 0 Å². The molecule has 6 rings (SSSR count). The van der Waals surface area contributed by atoms with Crippen molar-refractivity contribution in [1.82, 2.24) is 14.1 Å². The van der Waals surface area contributed by atoms with Crippen molar-refractivity contribution in [2.24, 2.45) is 0 Å². The summed E-state index contributed by atoms with van der Waals surface area (Å²) < 4.78 is 4.88. The highest BCUT2D eigenvalue weighted by Gasteiger charge is 2.20. The summed E-state index contributed by atoms with van der Waals surface area (Å²) in [5, 5.41) is 2.63. The van der Waals surface area contributed by atoms with E-state index in [2.05, 4.69) is 114 Å². The monoisotopic (exact) mass is 485 g/mol. The van der Waals surface area contributed by atoms with Crippen molar-refractivity contribution in [2.75, 3.05) is 0 Å². The highest BCUT2D eigenvalue weighted by atomic mass is 15.1. The Labute approximate surface area is 219 Å². The van der Waals surface area contributed by atoms with E-state index in [1.165, 1.54) is 71.5 Å². The third-order valence-corrected chi connectivity index (χ3v) is 7.62. The van der Waals surface area contributed by atoms with Crippen LogP contribution in [-0.2, 0) is 6.54 Å². The second kappa shape index (κ2) is 10.3. The number of rotatable bonds is 9. The van der Waals surface area contributed by atoms with Gasteiger partial charge in [-0.25, -0.2) is 4.98 Å². The summed E-state index contributed by atoms with van der Waals surface area (Å²) in [6.07, 6.45) is 7.77. The number of aryl methyl sites for hydroxylation is 2. The molecule has 0 radical (unpaired) electrons.